The Bertz CT molecular complexity index is 1770. The van der Waals surface area contributed by atoms with Crippen molar-refractivity contribution in [3.8, 4) is 11.5 Å². The summed E-state index contributed by atoms with van der Waals surface area (Å²) < 4.78 is 75.1. The Hall–Kier alpha value is -3.74. The molecule has 1 aromatic heterocycles. The first-order valence-electron chi connectivity index (χ1n) is 12.3. The number of anilines is 2. The molecule has 222 valence electrons. The molecule has 0 saturated carbocycles. The van der Waals surface area contributed by atoms with Crippen molar-refractivity contribution in [1.82, 2.24) is 0 Å². The summed E-state index contributed by atoms with van der Waals surface area (Å²) in [5, 5.41) is 3.81. The van der Waals surface area contributed by atoms with Gasteiger partial charge in [0, 0.05) is 32.6 Å². The van der Waals surface area contributed by atoms with Crippen molar-refractivity contribution in [3.05, 3.63) is 94.3 Å². The van der Waals surface area contributed by atoms with Gasteiger partial charge in [0.2, 0.25) is 10.0 Å². The maximum atomic E-state index is 13.2. The molecule has 0 fully saturated rings. The number of carbonyl (C=O) groups excluding carboxylic acids is 1. The number of halogens is 4. The zero-order valence-electron chi connectivity index (χ0n) is 22.6. The monoisotopic (exact) mass is 638 g/mol. The Kier molecular flexibility index (Phi) is 8.81. The molecular weight excluding hydrogens is 613 g/mol. The fourth-order valence-electron chi connectivity index (χ4n) is 4.18. The Labute approximate surface area is 250 Å². The fraction of sp³-hybridized carbons (Fsp3) is 0.207. The highest BCUT2D eigenvalue weighted by Gasteiger charge is 2.33. The third-order valence-corrected chi connectivity index (χ3v) is 8.06. The van der Waals surface area contributed by atoms with E-state index in [1.54, 1.807) is 62.4 Å². The molecule has 0 bridgehead atoms. The Morgan fingerprint density at radius 3 is 2.36 bits per heavy atom. The second-order valence-corrected chi connectivity index (χ2v) is 13.2. The summed E-state index contributed by atoms with van der Waals surface area (Å²) in [6.07, 6.45) is -2.38. The van der Waals surface area contributed by atoms with E-state index in [1.165, 1.54) is 23.5 Å². The van der Waals surface area contributed by atoms with Gasteiger partial charge in [-0.15, -0.1) is 24.5 Å². The molecule has 13 heteroatoms. The number of thiophene rings is 1. The van der Waals surface area contributed by atoms with Crippen LogP contribution in [0.15, 0.2) is 73.3 Å². The first-order valence-corrected chi connectivity index (χ1v) is 15.4. The summed E-state index contributed by atoms with van der Waals surface area (Å²) >= 11 is 7.64. The van der Waals surface area contributed by atoms with Crippen molar-refractivity contribution in [3.63, 3.8) is 0 Å². The van der Waals surface area contributed by atoms with Crippen LogP contribution in [0, 0.1) is 0 Å². The van der Waals surface area contributed by atoms with Gasteiger partial charge in [-0.3, -0.25) is 9.52 Å². The minimum absolute atomic E-state index is 0.0793. The largest absolute Gasteiger partial charge is 0.573 e. The van der Waals surface area contributed by atoms with E-state index in [0.29, 0.717) is 37.8 Å². The molecule has 1 heterocycles. The van der Waals surface area contributed by atoms with Crippen LogP contribution in [0.1, 0.15) is 34.6 Å². The number of sulfonamides is 1. The SMILES string of the molecule is C=CCOc1cc(OC(F)(F)F)cc(C(C)(C)c2cc(Cl)cc(NC(=O)c3cc4cc(NS(C)(=O)=O)ccc4s3)c2)c1. The standard InChI is InChI=1S/C29H26ClF3N2O5S2/c1-5-8-39-23-13-19(14-24(16-23)40-29(31,32)33)28(2,3)18-11-20(30)15-22(12-18)34-27(36)26-10-17-9-21(35-42(4,37)38)6-7-25(17)41-26/h5-7,9-16,35H,1,8H2,2-4H3,(H,34,36). The third-order valence-electron chi connectivity index (χ3n) is 6.12. The number of alkyl halides is 3. The highest BCUT2D eigenvalue weighted by molar-refractivity contribution is 7.92. The molecule has 3 aromatic carbocycles. The molecule has 0 aliphatic rings. The summed E-state index contributed by atoms with van der Waals surface area (Å²) in [4.78, 5) is 13.5. The molecule has 1 amide bonds. The van der Waals surface area contributed by atoms with Crippen LogP contribution in [-0.4, -0.2) is 33.5 Å². The van der Waals surface area contributed by atoms with Gasteiger partial charge in [-0.2, -0.15) is 0 Å². The van der Waals surface area contributed by atoms with Gasteiger partial charge >= 0.3 is 6.36 Å². The molecule has 7 nitrogen and oxygen atoms in total. The van der Waals surface area contributed by atoms with E-state index in [9.17, 15) is 26.4 Å². The zero-order valence-corrected chi connectivity index (χ0v) is 25.0. The van der Waals surface area contributed by atoms with Crippen LogP contribution in [0.5, 0.6) is 11.5 Å². The number of hydrogen-bond acceptors (Lipinski definition) is 6. The Morgan fingerprint density at radius 1 is 1.00 bits per heavy atom. The highest BCUT2D eigenvalue weighted by atomic mass is 35.5. The first-order chi connectivity index (χ1) is 19.5. The Balaban J connectivity index is 1.64. The van der Waals surface area contributed by atoms with E-state index in [1.807, 2.05) is 0 Å². The number of ether oxygens (including phenoxy) is 2. The topological polar surface area (TPSA) is 93.7 Å². The summed E-state index contributed by atoms with van der Waals surface area (Å²) in [7, 11) is -3.46. The number of rotatable bonds is 10. The van der Waals surface area contributed by atoms with Gasteiger partial charge in [0.1, 0.15) is 18.1 Å². The van der Waals surface area contributed by atoms with E-state index in [-0.39, 0.29) is 12.4 Å². The molecule has 0 aliphatic carbocycles. The van der Waals surface area contributed by atoms with E-state index in [2.05, 4.69) is 21.4 Å². The smallest absolute Gasteiger partial charge is 0.489 e. The van der Waals surface area contributed by atoms with Crippen molar-refractivity contribution >= 4 is 60.3 Å². The normalized spacial score (nSPS) is 12.2. The van der Waals surface area contributed by atoms with Crippen LogP contribution < -0.4 is 19.5 Å². The van der Waals surface area contributed by atoms with Crippen LogP contribution in [0.25, 0.3) is 10.1 Å². The summed E-state index contributed by atoms with van der Waals surface area (Å²) in [5.74, 6) is -0.696. The van der Waals surface area contributed by atoms with Crippen molar-refractivity contribution in [2.75, 3.05) is 22.9 Å². The van der Waals surface area contributed by atoms with Crippen LogP contribution >= 0.6 is 22.9 Å². The number of carbonyl (C=O) groups is 1. The Morgan fingerprint density at radius 2 is 1.69 bits per heavy atom. The molecule has 4 rings (SSSR count). The second kappa shape index (κ2) is 11.9. The zero-order chi connectivity index (χ0) is 30.9. The van der Waals surface area contributed by atoms with Crippen molar-refractivity contribution in [1.29, 1.82) is 0 Å². The quantitative estimate of drug-likeness (QED) is 0.172. The van der Waals surface area contributed by atoms with E-state index < -0.39 is 33.5 Å². The molecule has 2 N–H and O–H groups in total. The fourth-order valence-corrected chi connectivity index (χ4v) is 5.91. The molecule has 0 radical (unpaired) electrons. The molecule has 0 aliphatic heterocycles. The average molecular weight is 639 g/mol. The van der Waals surface area contributed by atoms with Gasteiger partial charge in [-0.1, -0.05) is 38.1 Å². The van der Waals surface area contributed by atoms with Crippen LogP contribution in [0.2, 0.25) is 5.02 Å². The molecular formula is C29H26ClF3N2O5S2. The van der Waals surface area contributed by atoms with E-state index in [4.69, 9.17) is 16.3 Å². The number of nitrogens with one attached hydrogen (secondary N) is 2. The van der Waals surface area contributed by atoms with Gasteiger partial charge in [-0.25, -0.2) is 8.42 Å². The summed E-state index contributed by atoms with van der Waals surface area (Å²) in [6.45, 7) is 7.23. The third kappa shape index (κ3) is 7.96. The first kappa shape index (κ1) is 31.2. The molecule has 0 spiro atoms. The number of fused-ring (bicyclic) bond motifs is 1. The average Bonchev–Trinajstić information content (AvgIpc) is 3.28. The van der Waals surface area contributed by atoms with Gasteiger partial charge in [0.15, 0.2) is 0 Å². The van der Waals surface area contributed by atoms with Gasteiger partial charge in [0.25, 0.3) is 5.91 Å². The maximum Gasteiger partial charge on any atom is 0.573 e. The number of benzene rings is 3. The van der Waals surface area contributed by atoms with Crippen LogP contribution in [0.4, 0.5) is 24.5 Å². The van der Waals surface area contributed by atoms with Gasteiger partial charge in [0.05, 0.1) is 11.1 Å². The van der Waals surface area contributed by atoms with Crippen molar-refractivity contribution in [2.45, 2.75) is 25.6 Å². The minimum Gasteiger partial charge on any atom is -0.489 e. The molecule has 0 unspecified atom stereocenters. The summed E-state index contributed by atoms with van der Waals surface area (Å²) in [6, 6.07) is 15.5. The van der Waals surface area contributed by atoms with E-state index >= 15 is 0 Å². The lowest BCUT2D eigenvalue weighted by Crippen LogP contribution is -2.21. The van der Waals surface area contributed by atoms with Crippen LogP contribution in [-0.2, 0) is 15.4 Å². The number of amides is 1. The van der Waals surface area contributed by atoms with Crippen molar-refractivity contribution < 1.29 is 35.9 Å². The van der Waals surface area contributed by atoms with Gasteiger partial charge in [-0.05, 0) is 71.1 Å². The lowest BCUT2D eigenvalue weighted by Gasteiger charge is -2.28. The molecule has 42 heavy (non-hydrogen) atoms. The predicted molar refractivity (Wildman–Crippen MR) is 161 cm³/mol. The van der Waals surface area contributed by atoms with Crippen molar-refractivity contribution in [2.24, 2.45) is 0 Å². The van der Waals surface area contributed by atoms with Crippen LogP contribution in [0.3, 0.4) is 0 Å². The minimum atomic E-state index is -4.90. The molecule has 4 aromatic rings. The van der Waals surface area contributed by atoms with E-state index in [0.717, 1.165) is 17.0 Å². The lowest BCUT2D eigenvalue weighted by molar-refractivity contribution is -0.274. The second-order valence-electron chi connectivity index (χ2n) is 9.89. The van der Waals surface area contributed by atoms with Gasteiger partial charge < -0.3 is 14.8 Å². The molecule has 0 saturated heterocycles. The highest BCUT2D eigenvalue weighted by Crippen LogP contribution is 2.39. The number of hydrogen-bond donors (Lipinski definition) is 2. The molecule has 0 atom stereocenters. The summed E-state index contributed by atoms with van der Waals surface area (Å²) in [5.41, 5.74) is 0.905. The lowest BCUT2D eigenvalue weighted by atomic mass is 9.78. The predicted octanol–water partition coefficient (Wildman–Crippen LogP) is 7.97. The maximum absolute atomic E-state index is 13.2.